The lowest BCUT2D eigenvalue weighted by atomic mass is 10.0. The SMILES string of the molecule is C=CCO[C@H](COCCCCCCCCCCCCCCCCCC)[C@H]1OC(C)(C)O[C@@H]1[C@@H](COCCCCCCCCCCCCCCCCCC)OCC=C. The third kappa shape index (κ3) is 32.7. The average Bonchev–Trinajstić information content (AvgIpc) is 3.53. The van der Waals surface area contributed by atoms with Crippen LogP contribution in [-0.2, 0) is 28.4 Å². The van der Waals surface area contributed by atoms with E-state index in [4.69, 9.17) is 28.4 Å². The van der Waals surface area contributed by atoms with Crippen molar-refractivity contribution < 1.29 is 28.4 Å². The Bertz CT molecular complexity index is 782. The Labute approximate surface area is 355 Å². The molecule has 0 aromatic rings. The van der Waals surface area contributed by atoms with E-state index in [1.165, 1.54) is 193 Å². The highest BCUT2D eigenvalue weighted by Gasteiger charge is 2.49. The van der Waals surface area contributed by atoms with Gasteiger partial charge in [-0.3, -0.25) is 0 Å². The number of unbranched alkanes of at least 4 members (excludes halogenated alkanes) is 30. The summed E-state index contributed by atoms with van der Waals surface area (Å²) >= 11 is 0. The molecule has 6 nitrogen and oxygen atoms in total. The smallest absolute Gasteiger partial charge is 0.164 e. The molecule has 1 saturated heterocycles. The lowest BCUT2D eigenvalue weighted by Crippen LogP contribution is -2.48. The topological polar surface area (TPSA) is 55.4 Å². The Balaban J connectivity index is 2.29. The van der Waals surface area contributed by atoms with Crippen molar-refractivity contribution in [1.29, 1.82) is 0 Å². The van der Waals surface area contributed by atoms with Crippen molar-refractivity contribution in [3.8, 4) is 0 Å². The van der Waals surface area contributed by atoms with Crippen LogP contribution in [0, 0.1) is 0 Å². The van der Waals surface area contributed by atoms with Gasteiger partial charge in [-0.25, -0.2) is 0 Å². The lowest BCUT2D eigenvalue weighted by molar-refractivity contribution is -0.169. The molecule has 1 aliphatic heterocycles. The Morgan fingerprint density at radius 3 is 0.912 bits per heavy atom. The largest absolute Gasteiger partial charge is 0.379 e. The normalized spacial score (nSPS) is 17.6. The molecular weight excluding hydrogens is 709 g/mol. The van der Waals surface area contributed by atoms with Crippen LogP contribution in [0.25, 0.3) is 0 Å². The Morgan fingerprint density at radius 2 is 0.667 bits per heavy atom. The second kappa shape index (κ2) is 40.6. The van der Waals surface area contributed by atoms with E-state index in [2.05, 4.69) is 27.0 Å². The summed E-state index contributed by atoms with van der Waals surface area (Å²) < 4.78 is 37.9. The Hall–Kier alpha value is -0.760. The number of rotatable bonds is 46. The van der Waals surface area contributed by atoms with Crippen LogP contribution in [-0.4, -0.2) is 69.8 Å². The molecular formula is C51H98O6. The fourth-order valence-electron chi connectivity index (χ4n) is 8.15. The molecule has 0 aromatic carbocycles. The molecule has 1 fully saturated rings. The number of hydrogen-bond donors (Lipinski definition) is 0. The molecule has 0 bridgehead atoms. The summed E-state index contributed by atoms with van der Waals surface area (Å²) in [7, 11) is 0. The Kier molecular flexibility index (Phi) is 38.7. The van der Waals surface area contributed by atoms with Crippen molar-refractivity contribution in [2.45, 2.75) is 263 Å². The van der Waals surface area contributed by atoms with E-state index in [9.17, 15) is 0 Å². The van der Waals surface area contributed by atoms with E-state index in [1.807, 2.05) is 13.8 Å². The predicted molar refractivity (Wildman–Crippen MR) is 244 cm³/mol. The van der Waals surface area contributed by atoms with E-state index in [0.717, 1.165) is 26.1 Å². The van der Waals surface area contributed by atoms with Crippen LogP contribution in [0.2, 0.25) is 0 Å². The quantitative estimate of drug-likeness (QED) is 0.0451. The minimum absolute atomic E-state index is 0.300. The molecule has 57 heavy (non-hydrogen) atoms. The molecule has 0 N–H and O–H groups in total. The van der Waals surface area contributed by atoms with E-state index in [-0.39, 0.29) is 24.4 Å². The second-order valence-electron chi connectivity index (χ2n) is 17.6. The van der Waals surface area contributed by atoms with Crippen LogP contribution in [0.15, 0.2) is 25.3 Å². The summed E-state index contributed by atoms with van der Waals surface area (Å²) in [5, 5.41) is 0. The monoisotopic (exact) mass is 807 g/mol. The van der Waals surface area contributed by atoms with Crippen LogP contribution in [0.5, 0.6) is 0 Å². The van der Waals surface area contributed by atoms with Gasteiger partial charge in [0.05, 0.1) is 26.4 Å². The molecule has 1 rings (SSSR count). The Morgan fingerprint density at radius 1 is 0.421 bits per heavy atom. The molecule has 0 spiro atoms. The van der Waals surface area contributed by atoms with Gasteiger partial charge in [0.25, 0.3) is 0 Å². The van der Waals surface area contributed by atoms with Gasteiger partial charge < -0.3 is 28.4 Å². The van der Waals surface area contributed by atoms with Crippen LogP contribution in [0.3, 0.4) is 0 Å². The molecule has 338 valence electrons. The third-order valence-electron chi connectivity index (χ3n) is 11.6. The first kappa shape index (κ1) is 54.3. The van der Waals surface area contributed by atoms with E-state index in [0.29, 0.717) is 26.4 Å². The van der Waals surface area contributed by atoms with Crippen LogP contribution >= 0.6 is 0 Å². The van der Waals surface area contributed by atoms with E-state index in [1.54, 1.807) is 12.2 Å². The molecule has 0 radical (unpaired) electrons. The second-order valence-corrected chi connectivity index (χ2v) is 17.6. The summed E-state index contributed by atoms with van der Waals surface area (Å²) in [6.07, 6.45) is 45.9. The summed E-state index contributed by atoms with van der Waals surface area (Å²) in [6, 6.07) is 0. The third-order valence-corrected chi connectivity index (χ3v) is 11.6. The highest BCUT2D eigenvalue weighted by molar-refractivity contribution is 4.93. The lowest BCUT2D eigenvalue weighted by Gasteiger charge is -2.30. The fraction of sp³-hybridized carbons (Fsp3) is 0.922. The maximum atomic E-state index is 6.49. The summed E-state index contributed by atoms with van der Waals surface area (Å²) in [6.45, 7) is 19.5. The van der Waals surface area contributed by atoms with Gasteiger partial charge in [0.1, 0.15) is 24.4 Å². The molecule has 0 unspecified atom stereocenters. The number of hydrogen-bond acceptors (Lipinski definition) is 6. The van der Waals surface area contributed by atoms with Crippen molar-refractivity contribution in [2.75, 3.05) is 39.6 Å². The zero-order valence-electron chi connectivity index (χ0n) is 38.7. The highest BCUT2D eigenvalue weighted by Crippen LogP contribution is 2.34. The van der Waals surface area contributed by atoms with Gasteiger partial charge in [-0.05, 0) is 26.7 Å². The van der Waals surface area contributed by atoms with Gasteiger partial charge in [-0.1, -0.05) is 219 Å². The molecule has 0 aromatic heterocycles. The van der Waals surface area contributed by atoms with E-state index < -0.39 is 5.79 Å². The zero-order chi connectivity index (χ0) is 41.3. The van der Waals surface area contributed by atoms with Crippen molar-refractivity contribution in [3.63, 3.8) is 0 Å². The van der Waals surface area contributed by atoms with E-state index >= 15 is 0 Å². The first-order chi connectivity index (χ1) is 28.0. The molecule has 1 aliphatic rings. The standard InChI is InChI=1S/C51H98O6/c1-7-11-13-15-17-19-21-23-25-27-29-31-33-35-37-39-43-52-45-47(54-41-9-3)49-50(57-51(5,6)56-49)48(55-42-10-4)46-53-44-40-38-36-34-32-30-28-26-24-22-20-18-16-14-12-8-2/h9-10,47-50H,3-4,7-8,11-46H2,1-2,5-6H3/t47-,48-,49-,50-/m1/s1. The minimum atomic E-state index is -0.761. The first-order valence-corrected chi connectivity index (χ1v) is 24.9. The van der Waals surface area contributed by atoms with Gasteiger partial charge in [0.2, 0.25) is 0 Å². The van der Waals surface area contributed by atoms with Crippen LogP contribution in [0.1, 0.15) is 233 Å². The van der Waals surface area contributed by atoms with Crippen molar-refractivity contribution in [2.24, 2.45) is 0 Å². The average molecular weight is 807 g/mol. The fourth-order valence-corrected chi connectivity index (χ4v) is 8.15. The molecule has 6 heteroatoms. The van der Waals surface area contributed by atoms with Gasteiger partial charge in [0.15, 0.2) is 5.79 Å². The summed E-state index contributed by atoms with van der Waals surface area (Å²) in [5.41, 5.74) is 0. The van der Waals surface area contributed by atoms with Crippen LogP contribution < -0.4 is 0 Å². The molecule has 0 saturated carbocycles. The van der Waals surface area contributed by atoms with Gasteiger partial charge in [0, 0.05) is 13.2 Å². The zero-order valence-corrected chi connectivity index (χ0v) is 38.7. The minimum Gasteiger partial charge on any atom is -0.379 e. The molecule has 1 heterocycles. The molecule has 0 amide bonds. The molecule has 4 atom stereocenters. The summed E-state index contributed by atoms with van der Waals surface area (Å²) in [5.74, 6) is -0.761. The van der Waals surface area contributed by atoms with Crippen molar-refractivity contribution >= 4 is 0 Å². The maximum absolute atomic E-state index is 6.49. The highest BCUT2D eigenvalue weighted by atomic mass is 16.8. The van der Waals surface area contributed by atoms with Crippen molar-refractivity contribution in [3.05, 3.63) is 25.3 Å². The number of ether oxygens (including phenoxy) is 6. The molecule has 0 aliphatic carbocycles. The van der Waals surface area contributed by atoms with Crippen molar-refractivity contribution in [1.82, 2.24) is 0 Å². The maximum Gasteiger partial charge on any atom is 0.164 e. The first-order valence-electron chi connectivity index (χ1n) is 24.9. The van der Waals surface area contributed by atoms with Gasteiger partial charge in [-0.2, -0.15) is 0 Å². The summed E-state index contributed by atoms with van der Waals surface area (Å²) in [4.78, 5) is 0. The van der Waals surface area contributed by atoms with Gasteiger partial charge in [-0.15, -0.1) is 13.2 Å². The van der Waals surface area contributed by atoms with Crippen LogP contribution in [0.4, 0.5) is 0 Å². The van der Waals surface area contributed by atoms with Gasteiger partial charge >= 0.3 is 0 Å². The predicted octanol–water partition coefficient (Wildman–Crippen LogP) is 15.2.